The number of carboxylic acid groups (broad SMARTS) is 1. The van der Waals surface area contributed by atoms with Gasteiger partial charge in [0.05, 0.1) is 6.61 Å². The first-order valence-electron chi connectivity index (χ1n) is 6.60. The Hall–Kier alpha value is -0.490. The molecule has 5 atom stereocenters. The average Bonchev–Trinajstić information content (AvgIpc) is 2.42. The molecule has 0 saturated heterocycles. The van der Waals surface area contributed by atoms with Gasteiger partial charge in [0.15, 0.2) is 0 Å². The first-order valence-corrected chi connectivity index (χ1v) is 7.45. The summed E-state index contributed by atoms with van der Waals surface area (Å²) >= 11 is 8.78. The minimum absolute atomic E-state index is 0.0930. The van der Waals surface area contributed by atoms with E-state index in [0.29, 0.717) is 0 Å². The second kappa shape index (κ2) is 9.60. The van der Waals surface area contributed by atoms with E-state index in [1.807, 2.05) is 0 Å². The van der Waals surface area contributed by atoms with Crippen LogP contribution in [-0.2, 0) is 4.79 Å². The minimum Gasteiger partial charge on any atom is -0.480 e. The molecule has 0 aliphatic heterocycles. The lowest BCUT2D eigenvalue weighted by Crippen LogP contribution is -2.54. The number of aliphatic carboxylic acids is 1. The predicted octanol–water partition coefficient (Wildman–Crippen LogP) is -1.95. The van der Waals surface area contributed by atoms with Crippen LogP contribution in [0.25, 0.3) is 0 Å². The highest BCUT2D eigenvalue weighted by Crippen LogP contribution is 2.16. The summed E-state index contributed by atoms with van der Waals surface area (Å²) in [6.07, 6.45) is -6.84. The van der Waals surface area contributed by atoms with Crippen molar-refractivity contribution in [1.82, 2.24) is 4.90 Å². The molecule has 5 unspecified atom stereocenters. The Balaban J connectivity index is 5.10. The van der Waals surface area contributed by atoms with Crippen LogP contribution in [0.1, 0.15) is 13.8 Å². The van der Waals surface area contributed by atoms with Crippen molar-refractivity contribution in [2.75, 3.05) is 13.2 Å². The molecule has 0 amide bonds. The lowest BCUT2D eigenvalue weighted by Gasteiger charge is -2.35. The molecule has 0 spiro atoms. The van der Waals surface area contributed by atoms with Gasteiger partial charge < -0.3 is 35.5 Å². The third-order valence-electron chi connectivity index (χ3n) is 3.18. The molecular formula is C12H23NO7S2. The SMILES string of the molecule is CC(C)C(C(=O)O)N(CC(O)C(O)C(O)C(O)CO)C(=S)S. The summed E-state index contributed by atoms with van der Waals surface area (Å²) in [6.45, 7) is 2.08. The van der Waals surface area contributed by atoms with Gasteiger partial charge >= 0.3 is 5.97 Å². The smallest absolute Gasteiger partial charge is 0.326 e. The highest BCUT2D eigenvalue weighted by Gasteiger charge is 2.35. The summed E-state index contributed by atoms with van der Waals surface area (Å²) in [7, 11) is 0. The largest absolute Gasteiger partial charge is 0.480 e. The highest BCUT2D eigenvalue weighted by molar-refractivity contribution is 8.10. The molecule has 0 aromatic heterocycles. The van der Waals surface area contributed by atoms with Crippen molar-refractivity contribution in [3.63, 3.8) is 0 Å². The second-order valence-corrected chi connectivity index (χ2v) is 6.37. The molecule has 0 bridgehead atoms. The fraction of sp³-hybridized carbons (Fsp3) is 0.833. The first kappa shape index (κ1) is 21.5. The van der Waals surface area contributed by atoms with E-state index in [-0.39, 0.29) is 10.2 Å². The van der Waals surface area contributed by atoms with E-state index in [1.54, 1.807) is 13.8 Å². The van der Waals surface area contributed by atoms with Crippen LogP contribution in [0, 0.1) is 5.92 Å². The van der Waals surface area contributed by atoms with Crippen molar-refractivity contribution in [3.05, 3.63) is 0 Å². The third-order valence-corrected chi connectivity index (χ3v) is 3.67. The number of rotatable bonds is 9. The summed E-state index contributed by atoms with van der Waals surface area (Å²) in [5.41, 5.74) is 0. The van der Waals surface area contributed by atoms with Crippen LogP contribution in [-0.4, -0.2) is 89.4 Å². The number of thiocarbonyl (C=S) groups is 1. The lowest BCUT2D eigenvalue weighted by molar-refractivity contribution is -0.145. The topological polar surface area (TPSA) is 142 Å². The van der Waals surface area contributed by atoms with E-state index >= 15 is 0 Å². The zero-order valence-electron chi connectivity index (χ0n) is 12.3. The van der Waals surface area contributed by atoms with E-state index in [1.165, 1.54) is 0 Å². The number of carbonyl (C=O) groups is 1. The van der Waals surface area contributed by atoms with Crippen molar-refractivity contribution in [3.8, 4) is 0 Å². The Morgan fingerprint density at radius 3 is 1.91 bits per heavy atom. The van der Waals surface area contributed by atoms with E-state index in [9.17, 15) is 30.3 Å². The third kappa shape index (κ3) is 5.95. The zero-order chi connectivity index (χ0) is 17.6. The molecule has 0 fully saturated rings. The predicted molar refractivity (Wildman–Crippen MR) is 85.7 cm³/mol. The van der Waals surface area contributed by atoms with Crippen LogP contribution in [0.3, 0.4) is 0 Å². The Morgan fingerprint density at radius 1 is 1.14 bits per heavy atom. The molecule has 10 heteroatoms. The Labute approximate surface area is 139 Å². The van der Waals surface area contributed by atoms with Crippen molar-refractivity contribution in [2.45, 2.75) is 44.3 Å². The molecule has 8 nitrogen and oxygen atoms in total. The maximum atomic E-state index is 11.3. The van der Waals surface area contributed by atoms with Crippen LogP contribution in [0.15, 0.2) is 0 Å². The molecule has 0 aliphatic rings. The molecule has 130 valence electrons. The van der Waals surface area contributed by atoms with Crippen molar-refractivity contribution >= 4 is 35.1 Å². The van der Waals surface area contributed by atoms with Crippen LogP contribution in [0.5, 0.6) is 0 Å². The number of hydrogen-bond acceptors (Lipinski definition) is 7. The standard InChI is InChI=1S/C12H23NO7S2/c1-5(2)8(11(19)20)13(12(21)22)3-6(15)9(17)10(18)7(16)4-14/h5-10,14-18H,3-4H2,1-2H3,(H,19,20)(H,21,22). The summed E-state index contributed by atoms with van der Waals surface area (Å²) < 4.78 is -0.0930. The second-order valence-electron chi connectivity index (χ2n) is 5.26. The van der Waals surface area contributed by atoms with Gasteiger partial charge in [-0.1, -0.05) is 26.1 Å². The normalized spacial score (nSPS) is 18.4. The van der Waals surface area contributed by atoms with Crippen molar-refractivity contribution < 1.29 is 35.4 Å². The molecule has 0 heterocycles. The Kier molecular flexibility index (Phi) is 9.39. The van der Waals surface area contributed by atoms with E-state index < -0.39 is 49.6 Å². The number of carboxylic acids is 1. The Morgan fingerprint density at radius 2 is 1.59 bits per heavy atom. The number of hydrogen-bond donors (Lipinski definition) is 7. The molecule has 0 aromatic rings. The molecule has 0 aliphatic carbocycles. The average molecular weight is 357 g/mol. The monoisotopic (exact) mass is 357 g/mol. The van der Waals surface area contributed by atoms with E-state index in [2.05, 4.69) is 12.6 Å². The number of aliphatic hydroxyl groups excluding tert-OH is 5. The molecule has 0 aromatic carbocycles. The number of aliphatic hydroxyl groups is 5. The quantitative estimate of drug-likeness (QED) is 0.185. The van der Waals surface area contributed by atoms with E-state index in [0.717, 1.165) is 4.90 Å². The minimum atomic E-state index is -1.80. The van der Waals surface area contributed by atoms with Gasteiger partial charge in [0.25, 0.3) is 0 Å². The van der Waals surface area contributed by atoms with Gasteiger partial charge in [-0.2, -0.15) is 0 Å². The molecule has 0 rings (SSSR count). The molecule has 22 heavy (non-hydrogen) atoms. The highest BCUT2D eigenvalue weighted by atomic mass is 32.1. The number of thiol groups is 1. The van der Waals surface area contributed by atoms with Crippen LogP contribution >= 0.6 is 24.8 Å². The van der Waals surface area contributed by atoms with Crippen LogP contribution in [0.4, 0.5) is 0 Å². The van der Waals surface area contributed by atoms with Gasteiger partial charge in [-0.05, 0) is 5.92 Å². The van der Waals surface area contributed by atoms with Gasteiger partial charge in [-0.25, -0.2) is 4.79 Å². The molecule has 0 saturated carbocycles. The molecule has 6 N–H and O–H groups in total. The van der Waals surface area contributed by atoms with Crippen LogP contribution < -0.4 is 0 Å². The first-order chi connectivity index (χ1) is 10.0. The zero-order valence-corrected chi connectivity index (χ0v) is 14.0. The van der Waals surface area contributed by atoms with Gasteiger partial charge in [0.1, 0.15) is 34.8 Å². The fourth-order valence-corrected chi connectivity index (χ4v) is 2.36. The van der Waals surface area contributed by atoms with Crippen molar-refractivity contribution in [1.29, 1.82) is 0 Å². The Bertz CT molecular complexity index is 382. The lowest BCUT2D eigenvalue weighted by atomic mass is 10.00. The summed E-state index contributed by atoms with van der Waals surface area (Å²) in [5.74, 6) is -1.54. The van der Waals surface area contributed by atoms with Gasteiger partial charge in [-0.3, -0.25) is 0 Å². The van der Waals surface area contributed by atoms with E-state index in [4.69, 9.17) is 17.3 Å². The summed E-state index contributed by atoms with van der Waals surface area (Å²) in [6, 6.07) is -1.08. The van der Waals surface area contributed by atoms with Gasteiger partial charge in [0, 0.05) is 6.54 Å². The van der Waals surface area contributed by atoms with Crippen LogP contribution in [0.2, 0.25) is 0 Å². The maximum Gasteiger partial charge on any atom is 0.326 e. The number of nitrogens with zero attached hydrogens (tertiary/aromatic N) is 1. The van der Waals surface area contributed by atoms with Gasteiger partial charge in [-0.15, -0.1) is 12.6 Å². The molecular weight excluding hydrogens is 334 g/mol. The van der Waals surface area contributed by atoms with Crippen molar-refractivity contribution in [2.24, 2.45) is 5.92 Å². The maximum absolute atomic E-state index is 11.3. The fourth-order valence-electron chi connectivity index (χ4n) is 1.96. The van der Waals surface area contributed by atoms with Gasteiger partial charge in [0.2, 0.25) is 0 Å². The molecule has 0 radical (unpaired) electrons. The summed E-state index contributed by atoms with van der Waals surface area (Å²) in [4.78, 5) is 12.4. The summed E-state index contributed by atoms with van der Waals surface area (Å²) in [5, 5.41) is 56.5.